The highest BCUT2D eigenvalue weighted by Gasteiger charge is 2.20. The van der Waals surface area contributed by atoms with Gasteiger partial charge in [-0.2, -0.15) is 0 Å². The Hall–Kier alpha value is -2.68. The van der Waals surface area contributed by atoms with Crippen molar-refractivity contribution in [2.45, 2.75) is 0 Å². The van der Waals surface area contributed by atoms with E-state index in [0.717, 1.165) is 17.4 Å². The predicted octanol–water partition coefficient (Wildman–Crippen LogP) is 1.68. The van der Waals surface area contributed by atoms with E-state index in [1.807, 2.05) is 0 Å². The molecule has 2 aromatic rings. The summed E-state index contributed by atoms with van der Waals surface area (Å²) in [6, 6.07) is 3.55. The second-order valence-electron chi connectivity index (χ2n) is 4.11. The molecule has 7 nitrogen and oxygen atoms in total. The van der Waals surface area contributed by atoms with Gasteiger partial charge in [-0.25, -0.2) is 9.37 Å². The van der Waals surface area contributed by atoms with Crippen molar-refractivity contribution < 1.29 is 18.7 Å². The number of rotatable bonds is 5. The third-order valence-corrected chi connectivity index (χ3v) is 3.70. The molecule has 22 heavy (non-hydrogen) atoms. The average Bonchev–Trinajstić information content (AvgIpc) is 2.90. The lowest BCUT2D eigenvalue weighted by Crippen LogP contribution is -2.18. The third kappa shape index (κ3) is 3.14. The summed E-state index contributed by atoms with van der Waals surface area (Å²) in [5.41, 5.74) is 5.14. The number of halogens is 1. The molecule has 2 rings (SSSR count). The molecule has 2 amide bonds. The smallest absolute Gasteiger partial charge is 0.270 e. The first-order valence-corrected chi connectivity index (χ1v) is 6.91. The number of thiazole rings is 1. The van der Waals surface area contributed by atoms with Gasteiger partial charge >= 0.3 is 0 Å². The number of hydrogen-bond donors (Lipinski definition) is 3. The molecule has 0 aliphatic heterocycles. The van der Waals surface area contributed by atoms with E-state index in [9.17, 15) is 14.0 Å². The highest BCUT2D eigenvalue weighted by Crippen LogP contribution is 2.29. The highest BCUT2D eigenvalue weighted by molar-refractivity contribution is 7.20. The Bertz CT molecular complexity index is 732. The summed E-state index contributed by atoms with van der Waals surface area (Å²) < 4.78 is 18.3. The Kier molecular flexibility index (Phi) is 4.56. The van der Waals surface area contributed by atoms with Crippen molar-refractivity contribution in [1.29, 1.82) is 0 Å². The van der Waals surface area contributed by atoms with Crippen molar-refractivity contribution in [1.82, 2.24) is 4.98 Å². The van der Waals surface area contributed by atoms with Crippen molar-refractivity contribution in [2.24, 2.45) is 5.73 Å². The van der Waals surface area contributed by atoms with E-state index < -0.39 is 17.6 Å². The van der Waals surface area contributed by atoms with Crippen LogP contribution >= 0.6 is 11.3 Å². The van der Waals surface area contributed by atoms with Crippen molar-refractivity contribution in [2.75, 3.05) is 24.8 Å². The number of amides is 2. The van der Waals surface area contributed by atoms with Crippen molar-refractivity contribution >= 4 is 33.3 Å². The molecule has 0 unspecified atom stereocenters. The molecule has 1 aromatic heterocycles. The fourth-order valence-electron chi connectivity index (χ4n) is 1.71. The van der Waals surface area contributed by atoms with Crippen LogP contribution < -0.4 is 21.1 Å². The Morgan fingerprint density at radius 3 is 2.73 bits per heavy atom. The molecule has 1 heterocycles. The Balaban J connectivity index is 2.35. The van der Waals surface area contributed by atoms with Gasteiger partial charge in [-0.1, -0.05) is 11.3 Å². The number of anilines is 2. The topological polar surface area (TPSA) is 106 Å². The maximum Gasteiger partial charge on any atom is 0.270 e. The number of nitrogens with zero attached hydrogens (tertiary/aromatic N) is 1. The van der Waals surface area contributed by atoms with Gasteiger partial charge in [0.15, 0.2) is 10.8 Å². The number of nitrogens with two attached hydrogens (primary N) is 1. The molecular formula is C13H13FN4O3S. The van der Waals surface area contributed by atoms with Gasteiger partial charge in [0.05, 0.1) is 12.7 Å². The summed E-state index contributed by atoms with van der Waals surface area (Å²) in [6.07, 6.45) is 0. The number of ether oxygens (including phenoxy) is 1. The second kappa shape index (κ2) is 6.39. The maximum atomic E-state index is 13.3. The Morgan fingerprint density at radius 2 is 2.14 bits per heavy atom. The first kappa shape index (κ1) is 15.7. The summed E-state index contributed by atoms with van der Waals surface area (Å²) in [7, 11) is 2.98. The normalized spacial score (nSPS) is 10.1. The number of hydrogen-bond acceptors (Lipinski definition) is 6. The zero-order valence-electron chi connectivity index (χ0n) is 11.8. The molecular weight excluding hydrogens is 311 g/mol. The zero-order chi connectivity index (χ0) is 16.3. The SMILES string of the molecule is CNc1nc(C(N)=O)c(NC(=O)c2cc(F)ccc2OC)s1. The first-order valence-electron chi connectivity index (χ1n) is 6.09. The lowest BCUT2D eigenvalue weighted by molar-refractivity contribution is 0.0997. The van der Waals surface area contributed by atoms with E-state index in [2.05, 4.69) is 15.6 Å². The second-order valence-corrected chi connectivity index (χ2v) is 5.11. The van der Waals surface area contributed by atoms with Crippen molar-refractivity contribution in [3.05, 3.63) is 35.3 Å². The molecule has 0 aliphatic rings. The number of primary amides is 1. The fraction of sp³-hybridized carbons (Fsp3) is 0.154. The van der Waals surface area contributed by atoms with Crippen LogP contribution in [0.2, 0.25) is 0 Å². The summed E-state index contributed by atoms with van der Waals surface area (Å²) in [5.74, 6) is -1.79. The number of methoxy groups -OCH3 is 1. The van der Waals surface area contributed by atoms with E-state index in [4.69, 9.17) is 10.5 Å². The monoisotopic (exact) mass is 324 g/mol. The number of nitrogens with one attached hydrogen (secondary N) is 2. The lowest BCUT2D eigenvalue weighted by Gasteiger charge is -2.08. The van der Waals surface area contributed by atoms with Crippen LogP contribution in [-0.4, -0.2) is 31.0 Å². The molecule has 0 atom stereocenters. The average molecular weight is 324 g/mol. The number of carbonyl (C=O) groups excluding carboxylic acids is 2. The minimum atomic E-state index is -0.778. The zero-order valence-corrected chi connectivity index (χ0v) is 12.6. The van der Waals surface area contributed by atoms with Gasteiger partial charge in [0.1, 0.15) is 16.6 Å². The fourth-order valence-corrected chi connectivity index (χ4v) is 2.53. The van der Waals surface area contributed by atoms with Crippen LogP contribution in [0.3, 0.4) is 0 Å². The summed E-state index contributed by atoms with van der Waals surface area (Å²) in [4.78, 5) is 27.6. The van der Waals surface area contributed by atoms with E-state index in [0.29, 0.717) is 5.13 Å². The van der Waals surface area contributed by atoms with Crippen LogP contribution in [0.5, 0.6) is 5.75 Å². The van der Waals surface area contributed by atoms with Gasteiger partial charge in [-0.3, -0.25) is 9.59 Å². The molecule has 9 heteroatoms. The Morgan fingerprint density at radius 1 is 1.41 bits per heavy atom. The van der Waals surface area contributed by atoms with E-state index in [-0.39, 0.29) is 22.0 Å². The molecule has 0 spiro atoms. The van der Waals surface area contributed by atoms with Gasteiger partial charge in [0.2, 0.25) is 0 Å². The van der Waals surface area contributed by atoms with Crippen LogP contribution in [0.25, 0.3) is 0 Å². The van der Waals surface area contributed by atoms with E-state index in [1.54, 1.807) is 7.05 Å². The highest BCUT2D eigenvalue weighted by atomic mass is 32.1. The molecule has 0 radical (unpaired) electrons. The minimum absolute atomic E-state index is 0.00247. The largest absolute Gasteiger partial charge is 0.496 e. The van der Waals surface area contributed by atoms with Gasteiger partial charge in [0, 0.05) is 7.05 Å². The summed E-state index contributed by atoms with van der Waals surface area (Å²) in [6.45, 7) is 0. The van der Waals surface area contributed by atoms with Gasteiger partial charge in [0.25, 0.3) is 11.8 Å². The van der Waals surface area contributed by atoms with Crippen LogP contribution in [0.1, 0.15) is 20.8 Å². The van der Waals surface area contributed by atoms with Gasteiger partial charge in [-0.05, 0) is 18.2 Å². The lowest BCUT2D eigenvalue weighted by atomic mass is 10.2. The van der Waals surface area contributed by atoms with E-state index >= 15 is 0 Å². The van der Waals surface area contributed by atoms with Crippen molar-refractivity contribution in [3.63, 3.8) is 0 Å². The summed E-state index contributed by atoms with van der Waals surface area (Å²) >= 11 is 1.04. The molecule has 0 bridgehead atoms. The minimum Gasteiger partial charge on any atom is -0.496 e. The van der Waals surface area contributed by atoms with Crippen molar-refractivity contribution in [3.8, 4) is 5.75 Å². The number of benzene rings is 1. The van der Waals surface area contributed by atoms with Crippen LogP contribution in [-0.2, 0) is 0 Å². The predicted molar refractivity (Wildman–Crippen MR) is 81.1 cm³/mol. The van der Waals surface area contributed by atoms with Crippen LogP contribution in [0.4, 0.5) is 14.5 Å². The quantitative estimate of drug-likeness (QED) is 0.776. The maximum absolute atomic E-state index is 13.3. The first-order chi connectivity index (χ1) is 10.5. The molecule has 116 valence electrons. The van der Waals surface area contributed by atoms with Crippen LogP contribution in [0, 0.1) is 5.82 Å². The van der Waals surface area contributed by atoms with Gasteiger partial charge < -0.3 is 21.1 Å². The van der Waals surface area contributed by atoms with Gasteiger partial charge in [-0.15, -0.1) is 0 Å². The summed E-state index contributed by atoms with van der Waals surface area (Å²) in [5, 5.41) is 5.83. The van der Waals surface area contributed by atoms with E-state index in [1.165, 1.54) is 19.2 Å². The molecule has 0 aliphatic carbocycles. The van der Waals surface area contributed by atoms with Crippen LogP contribution in [0.15, 0.2) is 18.2 Å². The standard InChI is InChI=1S/C13H13FN4O3S/c1-16-13-17-9(10(15)19)12(22-13)18-11(20)7-5-6(14)3-4-8(7)21-2/h3-5H,1-2H3,(H2,15,19)(H,16,17)(H,18,20). The Labute approximate surface area is 129 Å². The molecule has 4 N–H and O–H groups in total. The molecule has 0 saturated heterocycles. The molecule has 0 saturated carbocycles. The number of carbonyl (C=O) groups is 2. The molecule has 0 fully saturated rings. The molecule has 1 aromatic carbocycles. The number of aromatic nitrogens is 1. The third-order valence-electron chi connectivity index (χ3n) is 2.71.